The highest BCUT2D eigenvalue weighted by Crippen LogP contribution is 2.36. The zero-order valence-electron chi connectivity index (χ0n) is 14.3. The fourth-order valence-electron chi connectivity index (χ4n) is 3.72. The second kappa shape index (κ2) is 6.55. The first kappa shape index (κ1) is 16.2. The van der Waals surface area contributed by atoms with Gasteiger partial charge in [0.2, 0.25) is 5.95 Å². The van der Waals surface area contributed by atoms with Crippen molar-refractivity contribution in [1.82, 2.24) is 15.0 Å². The molecule has 2 aliphatic heterocycles. The van der Waals surface area contributed by atoms with Gasteiger partial charge in [0.15, 0.2) is 11.6 Å². The molecule has 2 aromatic heterocycles. The van der Waals surface area contributed by atoms with E-state index in [1.54, 1.807) is 12.3 Å². The van der Waals surface area contributed by atoms with E-state index in [-0.39, 0.29) is 17.5 Å². The lowest BCUT2D eigenvalue weighted by molar-refractivity contribution is -0.00668. The van der Waals surface area contributed by atoms with E-state index in [4.69, 9.17) is 4.74 Å². The van der Waals surface area contributed by atoms with Crippen molar-refractivity contribution in [2.45, 2.75) is 37.8 Å². The number of aromatic nitrogens is 3. The molecule has 6 nitrogen and oxygen atoms in total. The van der Waals surface area contributed by atoms with Crippen LogP contribution >= 0.6 is 0 Å². The highest BCUT2D eigenvalue weighted by molar-refractivity contribution is 5.38. The minimum atomic E-state index is -0.332. The van der Waals surface area contributed by atoms with Crippen LogP contribution in [0.5, 0.6) is 0 Å². The minimum absolute atomic E-state index is 0.0586. The summed E-state index contributed by atoms with van der Waals surface area (Å²) in [5.74, 6) is 0.713. The molecule has 132 valence electrons. The van der Waals surface area contributed by atoms with Crippen molar-refractivity contribution in [2.24, 2.45) is 0 Å². The van der Waals surface area contributed by atoms with Gasteiger partial charge in [-0.1, -0.05) is 0 Å². The number of rotatable bonds is 3. The Bertz CT molecular complexity index is 741. The van der Waals surface area contributed by atoms with Crippen LogP contribution in [0.3, 0.4) is 0 Å². The van der Waals surface area contributed by atoms with Crippen LogP contribution in [0.2, 0.25) is 0 Å². The van der Waals surface area contributed by atoms with Crippen molar-refractivity contribution in [3.8, 4) is 0 Å². The van der Waals surface area contributed by atoms with Gasteiger partial charge in [-0.3, -0.25) is 0 Å². The molecular weight excluding hydrogens is 321 g/mol. The molecule has 1 N–H and O–H groups in total. The number of piperidine rings is 1. The minimum Gasteiger partial charge on any atom is -0.371 e. The largest absolute Gasteiger partial charge is 0.371 e. The second-order valence-corrected chi connectivity index (χ2v) is 6.96. The van der Waals surface area contributed by atoms with Gasteiger partial charge in [-0.25, -0.2) is 19.3 Å². The predicted octanol–water partition coefficient (Wildman–Crippen LogP) is 2.56. The van der Waals surface area contributed by atoms with E-state index in [0.717, 1.165) is 43.9 Å². The maximum atomic E-state index is 13.8. The Hall–Kier alpha value is -2.28. The zero-order chi connectivity index (χ0) is 17.3. The Morgan fingerprint density at radius 1 is 1.32 bits per heavy atom. The first-order valence-electron chi connectivity index (χ1n) is 8.68. The first-order valence-corrected chi connectivity index (χ1v) is 8.68. The molecule has 0 saturated carbocycles. The number of ether oxygens (including phenoxy) is 1. The molecule has 2 fully saturated rings. The fraction of sp³-hybridized carbons (Fsp3) is 0.500. The van der Waals surface area contributed by atoms with Crippen LogP contribution in [0, 0.1) is 12.7 Å². The summed E-state index contributed by atoms with van der Waals surface area (Å²) < 4.78 is 20.0. The number of pyridine rings is 1. The summed E-state index contributed by atoms with van der Waals surface area (Å²) in [6, 6.07) is 3.06. The normalized spacial score (nSPS) is 26.2. The van der Waals surface area contributed by atoms with Gasteiger partial charge in [-0.05, 0) is 37.5 Å². The number of halogens is 1. The zero-order valence-corrected chi connectivity index (χ0v) is 14.3. The van der Waals surface area contributed by atoms with Gasteiger partial charge >= 0.3 is 0 Å². The Kier molecular flexibility index (Phi) is 4.25. The smallest absolute Gasteiger partial charge is 0.225 e. The molecule has 2 atom stereocenters. The topological polar surface area (TPSA) is 63.2 Å². The average Bonchev–Trinajstić information content (AvgIpc) is 2.99. The summed E-state index contributed by atoms with van der Waals surface area (Å²) in [7, 11) is 0. The lowest BCUT2D eigenvalue weighted by Gasteiger charge is -2.39. The highest BCUT2D eigenvalue weighted by atomic mass is 19.1. The Labute approximate surface area is 146 Å². The van der Waals surface area contributed by atoms with Gasteiger partial charge in [-0.15, -0.1) is 0 Å². The van der Waals surface area contributed by atoms with Gasteiger partial charge in [0.1, 0.15) is 0 Å². The van der Waals surface area contributed by atoms with Gasteiger partial charge in [0.25, 0.3) is 0 Å². The SMILES string of the molecule is Cc1cnc(N2CCCC3(CC(Nc4ncccc4F)CO3)C2)nc1. The summed E-state index contributed by atoms with van der Waals surface area (Å²) in [6.07, 6.45) is 8.13. The second-order valence-electron chi connectivity index (χ2n) is 6.96. The highest BCUT2D eigenvalue weighted by Gasteiger charge is 2.44. The van der Waals surface area contributed by atoms with Crippen LogP contribution in [0.1, 0.15) is 24.8 Å². The van der Waals surface area contributed by atoms with Gasteiger partial charge in [0.05, 0.1) is 18.2 Å². The standard InChI is InChI=1S/C18H22FN5O/c1-13-9-21-17(22-10-13)24-7-3-5-18(12-24)8-14(11-25-18)23-16-15(19)4-2-6-20-16/h2,4,6,9-10,14H,3,5,7-8,11-12H2,1H3,(H,20,23). The van der Waals surface area contributed by atoms with Crippen molar-refractivity contribution >= 4 is 11.8 Å². The lowest BCUT2D eigenvalue weighted by Crippen LogP contribution is -2.48. The molecule has 4 rings (SSSR count). The van der Waals surface area contributed by atoms with E-state index < -0.39 is 0 Å². The van der Waals surface area contributed by atoms with Crippen LogP contribution in [0.15, 0.2) is 30.7 Å². The number of hydrogen-bond donors (Lipinski definition) is 1. The molecule has 1 spiro atoms. The van der Waals surface area contributed by atoms with Crippen LogP contribution < -0.4 is 10.2 Å². The summed E-state index contributed by atoms with van der Waals surface area (Å²) in [6.45, 7) is 4.23. The molecule has 2 aliphatic rings. The molecule has 4 heterocycles. The van der Waals surface area contributed by atoms with E-state index in [1.807, 2.05) is 19.3 Å². The molecule has 0 amide bonds. The molecule has 0 aromatic carbocycles. The lowest BCUT2D eigenvalue weighted by atomic mass is 9.89. The quantitative estimate of drug-likeness (QED) is 0.924. The Morgan fingerprint density at radius 2 is 2.16 bits per heavy atom. The molecule has 2 aromatic rings. The van der Waals surface area contributed by atoms with Gasteiger partial charge < -0.3 is 15.0 Å². The van der Waals surface area contributed by atoms with Crippen molar-refractivity contribution in [3.05, 3.63) is 42.1 Å². The molecule has 0 aliphatic carbocycles. The molecule has 25 heavy (non-hydrogen) atoms. The van der Waals surface area contributed by atoms with Crippen molar-refractivity contribution in [1.29, 1.82) is 0 Å². The predicted molar refractivity (Wildman–Crippen MR) is 93.1 cm³/mol. The number of nitrogens with zero attached hydrogens (tertiary/aromatic N) is 4. The molecule has 2 unspecified atom stereocenters. The van der Waals surface area contributed by atoms with Crippen molar-refractivity contribution < 1.29 is 9.13 Å². The van der Waals surface area contributed by atoms with E-state index >= 15 is 0 Å². The van der Waals surface area contributed by atoms with E-state index in [9.17, 15) is 4.39 Å². The summed E-state index contributed by atoms with van der Waals surface area (Å²) in [4.78, 5) is 15.1. The average molecular weight is 343 g/mol. The number of anilines is 2. The Morgan fingerprint density at radius 3 is 2.96 bits per heavy atom. The first-order chi connectivity index (χ1) is 12.1. The van der Waals surface area contributed by atoms with Crippen LogP contribution in [-0.4, -0.2) is 46.3 Å². The van der Waals surface area contributed by atoms with Crippen molar-refractivity contribution in [3.63, 3.8) is 0 Å². The van der Waals surface area contributed by atoms with E-state index in [1.165, 1.54) is 6.07 Å². The van der Waals surface area contributed by atoms with Crippen LogP contribution in [-0.2, 0) is 4.74 Å². The van der Waals surface area contributed by atoms with Gasteiger partial charge in [0, 0.05) is 38.1 Å². The van der Waals surface area contributed by atoms with E-state index in [2.05, 4.69) is 25.2 Å². The van der Waals surface area contributed by atoms with Crippen LogP contribution in [0.25, 0.3) is 0 Å². The molecular formula is C18H22FN5O. The van der Waals surface area contributed by atoms with Crippen molar-refractivity contribution in [2.75, 3.05) is 29.9 Å². The third kappa shape index (κ3) is 3.42. The monoisotopic (exact) mass is 343 g/mol. The summed E-state index contributed by atoms with van der Waals surface area (Å²) in [5, 5.41) is 3.18. The van der Waals surface area contributed by atoms with E-state index in [0.29, 0.717) is 12.4 Å². The molecule has 7 heteroatoms. The maximum Gasteiger partial charge on any atom is 0.225 e. The molecule has 0 bridgehead atoms. The Balaban J connectivity index is 1.44. The number of nitrogens with one attached hydrogen (secondary N) is 1. The number of hydrogen-bond acceptors (Lipinski definition) is 6. The van der Waals surface area contributed by atoms with Gasteiger partial charge in [-0.2, -0.15) is 0 Å². The van der Waals surface area contributed by atoms with Crippen LogP contribution in [0.4, 0.5) is 16.2 Å². The third-order valence-electron chi connectivity index (χ3n) is 4.90. The summed E-state index contributed by atoms with van der Waals surface area (Å²) >= 11 is 0. The third-order valence-corrected chi connectivity index (χ3v) is 4.90. The molecule has 0 radical (unpaired) electrons. The summed E-state index contributed by atoms with van der Waals surface area (Å²) in [5.41, 5.74) is 0.823. The molecule has 2 saturated heterocycles. The maximum absolute atomic E-state index is 13.8. The number of aryl methyl sites for hydroxylation is 1. The fourth-order valence-corrected chi connectivity index (χ4v) is 3.72.